The van der Waals surface area contributed by atoms with Crippen molar-refractivity contribution in [3.63, 3.8) is 0 Å². The Kier molecular flexibility index (Phi) is 4.05. The zero-order chi connectivity index (χ0) is 10.7. The topological polar surface area (TPSA) is 46.2 Å². The van der Waals surface area contributed by atoms with E-state index < -0.39 is 0 Å². The van der Waals surface area contributed by atoms with Crippen LogP contribution >= 0.6 is 23.2 Å². The van der Waals surface area contributed by atoms with Crippen LogP contribution in [0.3, 0.4) is 0 Å². The lowest BCUT2D eigenvalue weighted by molar-refractivity contribution is 0.458. The molecule has 0 saturated heterocycles. The standard InChI is InChI=1S/C10H13Cl2NO/c1-2-3-9(13)7-4-6(11)5-8(12)10(7)14/h4-5,9,14H,2-3,13H2,1H3. The molecule has 0 bridgehead atoms. The molecule has 0 aromatic heterocycles. The highest BCUT2D eigenvalue weighted by Gasteiger charge is 2.13. The van der Waals surface area contributed by atoms with Crippen LogP contribution in [0.25, 0.3) is 0 Å². The summed E-state index contributed by atoms with van der Waals surface area (Å²) in [6.07, 6.45) is 1.75. The summed E-state index contributed by atoms with van der Waals surface area (Å²) < 4.78 is 0. The van der Waals surface area contributed by atoms with Crippen molar-refractivity contribution < 1.29 is 5.11 Å². The second kappa shape index (κ2) is 4.87. The van der Waals surface area contributed by atoms with Gasteiger partial charge in [-0.25, -0.2) is 0 Å². The first-order chi connectivity index (χ1) is 6.56. The van der Waals surface area contributed by atoms with Gasteiger partial charge in [0.15, 0.2) is 0 Å². The zero-order valence-electron chi connectivity index (χ0n) is 7.93. The van der Waals surface area contributed by atoms with E-state index in [1.807, 2.05) is 6.92 Å². The summed E-state index contributed by atoms with van der Waals surface area (Å²) in [7, 11) is 0. The summed E-state index contributed by atoms with van der Waals surface area (Å²) >= 11 is 11.6. The van der Waals surface area contributed by atoms with Crippen LogP contribution in [0.5, 0.6) is 5.75 Å². The van der Waals surface area contributed by atoms with Crippen molar-refractivity contribution in [3.05, 3.63) is 27.7 Å². The molecule has 0 aliphatic heterocycles. The second-order valence-electron chi connectivity index (χ2n) is 3.22. The number of phenolic OH excluding ortho intramolecular Hbond substituents is 1. The summed E-state index contributed by atoms with van der Waals surface area (Å²) in [5.41, 5.74) is 6.48. The van der Waals surface area contributed by atoms with Crippen molar-refractivity contribution in [2.75, 3.05) is 0 Å². The van der Waals surface area contributed by atoms with E-state index in [4.69, 9.17) is 28.9 Å². The first-order valence-corrected chi connectivity index (χ1v) is 5.25. The van der Waals surface area contributed by atoms with Crippen molar-refractivity contribution in [1.29, 1.82) is 0 Å². The van der Waals surface area contributed by atoms with Gasteiger partial charge in [0.25, 0.3) is 0 Å². The Morgan fingerprint density at radius 3 is 2.64 bits per heavy atom. The number of halogens is 2. The molecule has 4 heteroatoms. The third kappa shape index (κ3) is 2.53. The molecule has 1 aromatic rings. The van der Waals surface area contributed by atoms with Gasteiger partial charge in [-0.05, 0) is 18.6 Å². The Morgan fingerprint density at radius 1 is 1.43 bits per heavy atom. The van der Waals surface area contributed by atoms with Crippen LogP contribution < -0.4 is 5.73 Å². The second-order valence-corrected chi connectivity index (χ2v) is 4.06. The van der Waals surface area contributed by atoms with Gasteiger partial charge in [-0.1, -0.05) is 36.5 Å². The van der Waals surface area contributed by atoms with E-state index in [1.54, 1.807) is 6.07 Å². The predicted molar refractivity (Wildman–Crippen MR) is 60.0 cm³/mol. The van der Waals surface area contributed by atoms with Crippen molar-refractivity contribution in [2.45, 2.75) is 25.8 Å². The Bertz CT molecular complexity index is 328. The third-order valence-corrected chi connectivity index (χ3v) is 2.56. The molecule has 1 atom stereocenters. The van der Waals surface area contributed by atoms with Gasteiger partial charge in [-0.15, -0.1) is 0 Å². The molecule has 0 amide bonds. The highest BCUT2D eigenvalue weighted by molar-refractivity contribution is 6.35. The number of phenols is 1. The van der Waals surface area contributed by atoms with Gasteiger partial charge in [0.05, 0.1) is 5.02 Å². The first-order valence-electron chi connectivity index (χ1n) is 4.49. The maximum Gasteiger partial charge on any atom is 0.139 e. The molecule has 78 valence electrons. The van der Waals surface area contributed by atoms with Gasteiger partial charge in [0, 0.05) is 16.6 Å². The average molecular weight is 234 g/mol. The molecule has 0 saturated carbocycles. The lowest BCUT2D eigenvalue weighted by Gasteiger charge is -2.13. The molecule has 1 aromatic carbocycles. The van der Waals surface area contributed by atoms with E-state index in [9.17, 15) is 5.11 Å². The molecule has 0 heterocycles. The van der Waals surface area contributed by atoms with Crippen LogP contribution in [-0.2, 0) is 0 Å². The summed E-state index contributed by atoms with van der Waals surface area (Å²) in [6, 6.07) is 2.94. The van der Waals surface area contributed by atoms with Gasteiger partial charge in [-0.2, -0.15) is 0 Å². The Morgan fingerprint density at radius 2 is 2.07 bits per heavy atom. The molecule has 3 N–H and O–H groups in total. The van der Waals surface area contributed by atoms with Crippen molar-refractivity contribution in [3.8, 4) is 5.75 Å². The fourth-order valence-electron chi connectivity index (χ4n) is 1.34. The van der Waals surface area contributed by atoms with E-state index in [0.29, 0.717) is 10.6 Å². The van der Waals surface area contributed by atoms with Crippen LogP contribution in [-0.4, -0.2) is 5.11 Å². The van der Waals surface area contributed by atoms with E-state index in [2.05, 4.69) is 0 Å². The summed E-state index contributed by atoms with van der Waals surface area (Å²) in [5.74, 6) is 0.0389. The van der Waals surface area contributed by atoms with Crippen molar-refractivity contribution >= 4 is 23.2 Å². The van der Waals surface area contributed by atoms with E-state index in [0.717, 1.165) is 12.8 Å². The Labute approximate surface area is 93.6 Å². The smallest absolute Gasteiger partial charge is 0.139 e. The van der Waals surface area contributed by atoms with Gasteiger partial charge in [0.2, 0.25) is 0 Å². The van der Waals surface area contributed by atoms with Gasteiger partial charge in [-0.3, -0.25) is 0 Å². The predicted octanol–water partition coefficient (Wildman–Crippen LogP) is 3.50. The number of rotatable bonds is 3. The van der Waals surface area contributed by atoms with Crippen LogP contribution in [0.15, 0.2) is 12.1 Å². The number of hydrogen-bond donors (Lipinski definition) is 2. The molecule has 0 spiro atoms. The lowest BCUT2D eigenvalue weighted by Crippen LogP contribution is -2.10. The molecule has 0 fully saturated rings. The molecule has 0 aliphatic carbocycles. The van der Waals surface area contributed by atoms with Gasteiger partial charge >= 0.3 is 0 Å². The Hall–Kier alpha value is -0.440. The number of aromatic hydroxyl groups is 1. The molecule has 0 radical (unpaired) electrons. The molecule has 14 heavy (non-hydrogen) atoms. The first kappa shape index (κ1) is 11.6. The molecular weight excluding hydrogens is 221 g/mol. The Balaban J connectivity index is 3.07. The monoisotopic (exact) mass is 233 g/mol. The highest BCUT2D eigenvalue weighted by Crippen LogP contribution is 2.35. The maximum atomic E-state index is 9.65. The third-order valence-electron chi connectivity index (χ3n) is 2.06. The largest absolute Gasteiger partial charge is 0.506 e. The highest BCUT2D eigenvalue weighted by atomic mass is 35.5. The normalized spacial score (nSPS) is 12.9. The van der Waals surface area contributed by atoms with Crippen LogP contribution in [0.1, 0.15) is 31.4 Å². The molecular formula is C10H13Cl2NO. The lowest BCUT2D eigenvalue weighted by atomic mass is 10.0. The minimum atomic E-state index is -0.212. The van der Waals surface area contributed by atoms with E-state index in [1.165, 1.54) is 6.07 Å². The fraction of sp³-hybridized carbons (Fsp3) is 0.400. The number of nitrogens with two attached hydrogens (primary N) is 1. The summed E-state index contributed by atoms with van der Waals surface area (Å²) in [6.45, 7) is 2.03. The minimum absolute atomic E-state index is 0.0389. The molecule has 0 aliphatic rings. The summed E-state index contributed by atoms with van der Waals surface area (Å²) in [5, 5.41) is 10.4. The van der Waals surface area contributed by atoms with Crippen LogP contribution in [0.2, 0.25) is 10.0 Å². The number of benzene rings is 1. The van der Waals surface area contributed by atoms with Gasteiger partial charge in [0.1, 0.15) is 5.75 Å². The van der Waals surface area contributed by atoms with Crippen molar-refractivity contribution in [2.24, 2.45) is 5.73 Å². The molecule has 1 unspecified atom stereocenters. The average Bonchev–Trinajstić information content (AvgIpc) is 2.11. The molecule has 2 nitrogen and oxygen atoms in total. The minimum Gasteiger partial charge on any atom is -0.506 e. The number of hydrogen-bond acceptors (Lipinski definition) is 2. The van der Waals surface area contributed by atoms with Crippen LogP contribution in [0, 0.1) is 0 Å². The molecule has 1 rings (SSSR count). The zero-order valence-corrected chi connectivity index (χ0v) is 9.44. The quantitative estimate of drug-likeness (QED) is 0.840. The van der Waals surface area contributed by atoms with E-state index >= 15 is 0 Å². The fourth-order valence-corrected chi connectivity index (χ4v) is 1.84. The van der Waals surface area contributed by atoms with Crippen molar-refractivity contribution in [1.82, 2.24) is 0 Å². The van der Waals surface area contributed by atoms with Gasteiger partial charge < -0.3 is 10.8 Å². The summed E-state index contributed by atoms with van der Waals surface area (Å²) in [4.78, 5) is 0. The van der Waals surface area contributed by atoms with E-state index in [-0.39, 0.29) is 16.8 Å². The van der Waals surface area contributed by atoms with Crippen LogP contribution in [0.4, 0.5) is 0 Å². The SMILES string of the molecule is CCCC(N)c1cc(Cl)cc(Cl)c1O. The maximum absolute atomic E-state index is 9.65.